The summed E-state index contributed by atoms with van der Waals surface area (Å²) in [4.78, 5) is 26.4. The average Bonchev–Trinajstić information content (AvgIpc) is 3.31. The van der Waals surface area contributed by atoms with Gasteiger partial charge in [-0.1, -0.05) is 19.4 Å². The highest BCUT2D eigenvalue weighted by atomic mass is 32.1. The number of fused-ring (bicyclic) bond motifs is 2. The van der Waals surface area contributed by atoms with Gasteiger partial charge in [0, 0.05) is 10.6 Å². The first kappa shape index (κ1) is 18.2. The molecule has 27 heavy (non-hydrogen) atoms. The molecule has 1 aromatic heterocycles. The van der Waals surface area contributed by atoms with Crippen LogP contribution in [0.5, 0.6) is 0 Å². The van der Waals surface area contributed by atoms with E-state index in [0.29, 0.717) is 10.8 Å². The molecule has 0 radical (unpaired) electrons. The molecule has 2 aliphatic carbocycles. The zero-order valence-electron chi connectivity index (χ0n) is 15.7. The lowest BCUT2D eigenvalue weighted by Crippen LogP contribution is -2.20. The predicted molar refractivity (Wildman–Crippen MR) is 108 cm³/mol. The van der Waals surface area contributed by atoms with Crippen molar-refractivity contribution in [3.63, 3.8) is 0 Å². The molecule has 2 aromatic rings. The number of amides is 1. The van der Waals surface area contributed by atoms with E-state index < -0.39 is 5.97 Å². The number of aryl methyl sites for hydroxylation is 3. The van der Waals surface area contributed by atoms with Gasteiger partial charge in [0.05, 0.1) is 0 Å². The van der Waals surface area contributed by atoms with E-state index in [0.717, 1.165) is 31.4 Å². The summed E-state index contributed by atoms with van der Waals surface area (Å²) in [5.74, 6) is 0.0225. The van der Waals surface area contributed by atoms with Crippen LogP contribution in [-0.4, -0.2) is 18.5 Å². The number of nitrogens with one attached hydrogen (secondary N) is 1. The average molecular weight is 384 g/mol. The van der Waals surface area contributed by atoms with Crippen LogP contribution in [0.2, 0.25) is 0 Å². The highest BCUT2D eigenvalue weighted by molar-refractivity contribution is 7.14. The molecular weight excluding hydrogens is 358 g/mol. The zero-order valence-corrected chi connectivity index (χ0v) is 16.5. The minimum Gasteiger partial charge on any atom is -0.451 e. The van der Waals surface area contributed by atoms with Crippen LogP contribution in [0.3, 0.4) is 0 Å². The van der Waals surface area contributed by atoms with Crippen molar-refractivity contribution in [1.82, 2.24) is 0 Å². The van der Waals surface area contributed by atoms with Crippen molar-refractivity contribution < 1.29 is 14.3 Å². The number of ether oxygens (including phenoxy) is 1. The number of carbonyl (C=O) groups is 2. The number of esters is 1. The molecule has 1 N–H and O–H groups in total. The molecule has 1 heterocycles. The van der Waals surface area contributed by atoms with Gasteiger partial charge in [-0.3, -0.25) is 4.79 Å². The molecule has 0 spiro atoms. The van der Waals surface area contributed by atoms with Gasteiger partial charge in [-0.25, -0.2) is 4.79 Å². The fourth-order valence-corrected chi connectivity index (χ4v) is 5.20. The first-order chi connectivity index (χ1) is 13.1. The van der Waals surface area contributed by atoms with E-state index in [4.69, 9.17) is 4.74 Å². The molecule has 0 fully saturated rings. The summed E-state index contributed by atoms with van der Waals surface area (Å²) in [5.41, 5.74) is 4.73. The molecule has 1 aromatic carbocycles. The molecule has 5 heteroatoms. The number of hydrogen-bond acceptors (Lipinski definition) is 4. The summed E-state index contributed by atoms with van der Waals surface area (Å²) in [6.45, 7) is 1.97. The van der Waals surface area contributed by atoms with E-state index in [1.165, 1.54) is 52.2 Å². The Morgan fingerprint density at radius 1 is 1.15 bits per heavy atom. The van der Waals surface area contributed by atoms with Crippen LogP contribution in [0.15, 0.2) is 24.3 Å². The first-order valence-corrected chi connectivity index (χ1v) is 10.6. The minimum absolute atomic E-state index is 0.254. The van der Waals surface area contributed by atoms with Crippen molar-refractivity contribution in [2.45, 2.75) is 51.9 Å². The Morgan fingerprint density at radius 3 is 2.85 bits per heavy atom. The van der Waals surface area contributed by atoms with E-state index in [2.05, 4.69) is 18.3 Å². The van der Waals surface area contributed by atoms with E-state index in [1.807, 2.05) is 18.2 Å². The van der Waals surface area contributed by atoms with Crippen molar-refractivity contribution in [3.05, 3.63) is 50.7 Å². The largest absolute Gasteiger partial charge is 0.451 e. The van der Waals surface area contributed by atoms with Crippen LogP contribution in [0.1, 0.15) is 57.4 Å². The summed E-state index contributed by atoms with van der Waals surface area (Å²) >= 11 is 1.52. The summed E-state index contributed by atoms with van der Waals surface area (Å²) < 4.78 is 5.25. The number of hydrogen-bond donors (Lipinski definition) is 1. The van der Waals surface area contributed by atoms with E-state index in [-0.39, 0.29) is 12.5 Å². The van der Waals surface area contributed by atoms with Gasteiger partial charge in [0.1, 0.15) is 4.88 Å². The van der Waals surface area contributed by atoms with Crippen LogP contribution in [0.25, 0.3) is 0 Å². The highest BCUT2D eigenvalue weighted by Gasteiger charge is 2.23. The second kappa shape index (κ2) is 7.85. The molecule has 1 atom stereocenters. The third-order valence-corrected chi connectivity index (χ3v) is 6.90. The fourth-order valence-electron chi connectivity index (χ4n) is 4.10. The third kappa shape index (κ3) is 4.08. The maximum absolute atomic E-state index is 12.3. The van der Waals surface area contributed by atoms with Gasteiger partial charge >= 0.3 is 5.97 Å². The maximum Gasteiger partial charge on any atom is 0.348 e. The zero-order chi connectivity index (χ0) is 18.8. The third-order valence-electron chi connectivity index (χ3n) is 5.68. The molecule has 0 bridgehead atoms. The van der Waals surface area contributed by atoms with Crippen LogP contribution in [0, 0.1) is 5.92 Å². The molecule has 4 rings (SSSR count). The monoisotopic (exact) mass is 383 g/mol. The summed E-state index contributed by atoms with van der Waals surface area (Å²) in [7, 11) is 0. The molecule has 2 aliphatic rings. The number of anilines is 1. The van der Waals surface area contributed by atoms with E-state index in [1.54, 1.807) is 0 Å². The molecule has 1 amide bonds. The van der Waals surface area contributed by atoms with Gasteiger partial charge in [0.2, 0.25) is 0 Å². The summed E-state index contributed by atoms with van der Waals surface area (Å²) in [6, 6.07) is 7.98. The van der Waals surface area contributed by atoms with Gasteiger partial charge in [-0.2, -0.15) is 0 Å². The molecular formula is C22H25NO3S. The smallest absolute Gasteiger partial charge is 0.348 e. The first-order valence-electron chi connectivity index (χ1n) is 9.82. The lowest BCUT2D eigenvalue weighted by Gasteiger charge is -2.19. The van der Waals surface area contributed by atoms with Gasteiger partial charge < -0.3 is 10.1 Å². The number of benzene rings is 1. The lowest BCUT2D eigenvalue weighted by molar-refractivity contribution is -0.119. The van der Waals surface area contributed by atoms with Crippen molar-refractivity contribution in [1.29, 1.82) is 0 Å². The lowest BCUT2D eigenvalue weighted by atomic mass is 9.87. The molecule has 142 valence electrons. The SMILES string of the molecule is CC[C@@H]1CCc2sc(C(=O)OCC(=O)Nc3ccc4c(c3)CCC4)cc2C1. The summed E-state index contributed by atoms with van der Waals surface area (Å²) in [6.07, 6.45) is 7.83. The van der Waals surface area contributed by atoms with E-state index in [9.17, 15) is 9.59 Å². The summed E-state index contributed by atoms with van der Waals surface area (Å²) in [5, 5.41) is 2.83. The molecule has 4 nitrogen and oxygen atoms in total. The van der Waals surface area contributed by atoms with Gasteiger partial charge in [0.15, 0.2) is 6.61 Å². The second-order valence-electron chi connectivity index (χ2n) is 7.54. The van der Waals surface area contributed by atoms with Crippen LogP contribution in [-0.2, 0) is 35.2 Å². The maximum atomic E-state index is 12.3. The normalized spacial score (nSPS) is 17.9. The quantitative estimate of drug-likeness (QED) is 0.771. The Labute approximate surface area is 163 Å². The Kier molecular flexibility index (Phi) is 5.30. The van der Waals surface area contributed by atoms with Crippen molar-refractivity contribution in [3.8, 4) is 0 Å². The fraction of sp³-hybridized carbons (Fsp3) is 0.455. The van der Waals surface area contributed by atoms with Crippen molar-refractivity contribution in [2.75, 3.05) is 11.9 Å². The number of rotatable bonds is 5. The van der Waals surface area contributed by atoms with Crippen LogP contribution in [0.4, 0.5) is 5.69 Å². The molecule has 0 aliphatic heterocycles. The Morgan fingerprint density at radius 2 is 2.00 bits per heavy atom. The second-order valence-corrected chi connectivity index (χ2v) is 8.67. The van der Waals surface area contributed by atoms with E-state index >= 15 is 0 Å². The van der Waals surface area contributed by atoms with Gasteiger partial charge in [-0.15, -0.1) is 11.3 Å². The topological polar surface area (TPSA) is 55.4 Å². The van der Waals surface area contributed by atoms with Gasteiger partial charge in [0.25, 0.3) is 5.91 Å². The van der Waals surface area contributed by atoms with Crippen LogP contribution < -0.4 is 5.32 Å². The predicted octanol–water partition coefficient (Wildman–Crippen LogP) is 4.55. The standard InChI is InChI=1S/C22H25NO3S/c1-2-14-6-9-19-17(10-14)12-20(27-19)22(25)26-13-21(24)23-18-8-7-15-4-3-5-16(15)11-18/h7-8,11-12,14H,2-6,9-10,13H2,1H3,(H,23,24)/t14-/m1/s1. The van der Waals surface area contributed by atoms with Crippen molar-refractivity contribution >= 4 is 28.9 Å². The minimum atomic E-state index is -0.397. The Balaban J connectivity index is 1.31. The number of thiophene rings is 1. The number of carbonyl (C=O) groups excluding carboxylic acids is 2. The highest BCUT2D eigenvalue weighted by Crippen LogP contribution is 2.33. The molecule has 0 unspecified atom stereocenters. The molecule has 0 saturated heterocycles. The Bertz CT molecular complexity index is 870. The van der Waals surface area contributed by atoms with Crippen molar-refractivity contribution in [2.24, 2.45) is 5.92 Å². The van der Waals surface area contributed by atoms with Crippen LogP contribution >= 0.6 is 11.3 Å². The molecule has 0 saturated carbocycles. The van der Waals surface area contributed by atoms with Gasteiger partial charge in [-0.05, 0) is 79.3 Å². The Hall–Kier alpha value is -2.14.